The molecule has 0 bridgehead atoms. The highest BCUT2D eigenvalue weighted by Crippen LogP contribution is 2.33. The SMILES string of the molecule is O=C(N[C@H]1CC[C@H](CCN2CCc3sc(Oc4ccccc4)nc3C2)CC1)c1cccc2ncccc12. The molecule has 7 heteroatoms. The van der Waals surface area contributed by atoms with Gasteiger partial charge in [-0.1, -0.05) is 41.7 Å². The molecule has 1 N–H and O–H groups in total. The van der Waals surface area contributed by atoms with Gasteiger partial charge in [0.2, 0.25) is 0 Å². The van der Waals surface area contributed by atoms with Crippen molar-refractivity contribution in [3.8, 4) is 10.9 Å². The lowest BCUT2D eigenvalue weighted by Crippen LogP contribution is -2.38. The summed E-state index contributed by atoms with van der Waals surface area (Å²) in [5.74, 6) is 1.58. The van der Waals surface area contributed by atoms with Gasteiger partial charge in [0.15, 0.2) is 0 Å². The number of fused-ring (bicyclic) bond motifs is 2. The molecule has 190 valence electrons. The van der Waals surface area contributed by atoms with E-state index in [2.05, 4.69) is 15.2 Å². The van der Waals surface area contributed by atoms with Gasteiger partial charge in [-0.3, -0.25) is 14.7 Å². The highest BCUT2D eigenvalue weighted by molar-refractivity contribution is 7.13. The highest BCUT2D eigenvalue weighted by atomic mass is 32.1. The predicted octanol–water partition coefficient (Wildman–Crippen LogP) is 6.22. The van der Waals surface area contributed by atoms with E-state index in [1.54, 1.807) is 17.5 Å². The molecule has 0 atom stereocenters. The van der Waals surface area contributed by atoms with Crippen LogP contribution in [0.1, 0.15) is 53.0 Å². The van der Waals surface area contributed by atoms with E-state index >= 15 is 0 Å². The Hall–Kier alpha value is -3.29. The van der Waals surface area contributed by atoms with E-state index in [-0.39, 0.29) is 11.9 Å². The Kier molecular flexibility index (Phi) is 7.15. The lowest BCUT2D eigenvalue weighted by atomic mass is 9.84. The summed E-state index contributed by atoms with van der Waals surface area (Å²) < 4.78 is 5.96. The monoisotopic (exact) mass is 512 g/mol. The second-order valence-electron chi connectivity index (χ2n) is 10.1. The van der Waals surface area contributed by atoms with Gasteiger partial charge < -0.3 is 10.1 Å². The minimum atomic E-state index is 0.0186. The molecule has 1 aliphatic carbocycles. The van der Waals surface area contributed by atoms with Crippen LogP contribution < -0.4 is 10.1 Å². The van der Waals surface area contributed by atoms with Crippen LogP contribution in [0.5, 0.6) is 10.9 Å². The lowest BCUT2D eigenvalue weighted by Gasteiger charge is -2.32. The van der Waals surface area contributed by atoms with E-state index in [0.29, 0.717) is 0 Å². The molecule has 0 unspecified atom stereocenters. The molecule has 1 saturated carbocycles. The number of benzene rings is 2. The van der Waals surface area contributed by atoms with Crippen LogP contribution in [0.25, 0.3) is 10.9 Å². The number of para-hydroxylation sites is 1. The number of nitrogens with zero attached hydrogens (tertiary/aromatic N) is 3. The molecular weight excluding hydrogens is 480 g/mol. The zero-order chi connectivity index (χ0) is 25.0. The van der Waals surface area contributed by atoms with Gasteiger partial charge in [0.05, 0.1) is 11.2 Å². The lowest BCUT2D eigenvalue weighted by molar-refractivity contribution is 0.0921. The number of hydrogen-bond donors (Lipinski definition) is 1. The molecule has 0 spiro atoms. The molecule has 0 radical (unpaired) electrons. The van der Waals surface area contributed by atoms with Crippen LogP contribution in [0, 0.1) is 5.92 Å². The highest BCUT2D eigenvalue weighted by Gasteiger charge is 2.26. The average Bonchev–Trinajstić information content (AvgIpc) is 3.34. The van der Waals surface area contributed by atoms with Crippen molar-refractivity contribution in [3.05, 3.63) is 83.0 Å². The quantitative estimate of drug-likeness (QED) is 0.318. The fraction of sp³-hybridized carbons (Fsp3) is 0.367. The number of pyridine rings is 1. The average molecular weight is 513 g/mol. The maximum absolute atomic E-state index is 13.0. The van der Waals surface area contributed by atoms with E-state index in [9.17, 15) is 4.79 Å². The van der Waals surface area contributed by atoms with Crippen LogP contribution in [-0.2, 0) is 13.0 Å². The number of nitrogens with one attached hydrogen (secondary N) is 1. The Balaban J connectivity index is 0.962. The molecule has 1 fully saturated rings. The molecule has 37 heavy (non-hydrogen) atoms. The first-order valence-electron chi connectivity index (χ1n) is 13.3. The van der Waals surface area contributed by atoms with Crippen LogP contribution in [0.4, 0.5) is 0 Å². The van der Waals surface area contributed by atoms with Crippen LogP contribution in [-0.4, -0.2) is 39.9 Å². The largest absolute Gasteiger partial charge is 0.431 e. The van der Waals surface area contributed by atoms with Crippen LogP contribution in [0.3, 0.4) is 0 Å². The van der Waals surface area contributed by atoms with Gasteiger partial charge >= 0.3 is 0 Å². The van der Waals surface area contributed by atoms with Crippen LogP contribution in [0.2, 0.25) is 0 Å². The van der Waals surface area contributed by atoms with Crippen LogP contribution >= 0.6 is 11.3 Å². The number of thiazole rings is 1. The Morgan fingerprint density at radius 3 is 2.76 bits per heavy atom. The smallest absolute Gasteiger partial charge is 0.279 e. The van der Waals surface area contributed by atoms with Gasteiger partial charge in [-0.15, -0.1) is 0 Å². The normalized spacial score (nSPS) is 19.9. The molecule has 1 aliphatic heterocycles. The minimum Gasteiger partial charge on any atom is -0.431 e. The summed E-state index contributed by atoms with van der Waals surface area (Å²) in [6, 6.07) is 19.8. The number of carbonyl (C=O) groups excluding carboxylic acids is 1. The van der Waals surface area contributed by atoms with Crippen molar-refractivity contribution in [2.45, 2.75) is 51.1 Å². The molecular formula is C30H32N4O2S. The van der Waals surface area contributed by atoms with E-state index in [1.165, 1.54) is 29.8 Å². The number of hydrogen-bond acceptors (Lipinski definition) is 6. The third kappa shape index (κ3) is 5.68. The molecule has 6 nitrogen and oxygen atoms in total. The van der Waals surface area contributed by atoms with Crippen molar-refractivity contribution in [1.82, 2.24) is 20.2 Å². The third-order valence-corrected chi connectivity index (χ3v) is 8.70. The summed E-state index contributed by atoms with van der Waals surface area (Å²) in [6.07, 6.45) is 8.48. The summed E-state index contributed by atoms with van der Waals surface area (Å²) in [5.41, 5.74) is 2.76. The molecule has 1 amide bonds. The molecule has 6 rings (SSSR count). The second-order valence-corrected chi connectivity index (χ2v) is 11.2. The third-order valence-electron chi connectivity index (χ3n) is 7.66. The zero-order valence-corrected chi connectivity index (χ0v) is 21.8. The molecule has 2 aromatic heterocycles. The second kappa shape index (κ2) is 11.0. The van der Waals surface area contributed by atoms with E-state index in [4.69, 9.17) is 9.72 Å². The zero-order valence-electron chi connectivity index (χ0n) is 20.9. The van der Waals surface area contributed by atoms with E-state index in [1.807, 2.05) is 60.7 Å². The maximum atomic E-state index is 13.0. The van der Waals surface area contributed by atoms with E-state index in [0.717, 1.165) is 72.2 Å². The standard InChI is InChI=1S/C30H32N4O2S/c35-29(25-8-4-10-26-24(25)9-5-17-31-26)32-22-13-11-21(12-14-22)15-18-34-19-16-28-27(20-34)33-30(37-28)36-23-6-2-1-3-7-23/h1-10,17,21-22H,11-16,18-20H2,(H,32,35)/t21-,22-. The molecule has 4 aromatic rings. The predicted molar refractivity (Wildman–Crippen MR) is 147 cm³/mol. The van der Waals surface area contributed by atoms with Crippen molar-refractivity contribution in [2.75, 3.05) is 13.1 Å². The molecule has 0 saturated heterocycles. The Labute approximate surface area is 221 Å². The molecule has 2 aromatic carbocycles. The van der Waals surface area contributed by atoms with Gasteiger partial charge in [-0.05, 0) is 81.3 Å². The van der Waals surface area contributed by atoms with Crippen molar-refractivity contribution in [3.63, 3.8) is 0 Å². The van der Waals surface area contributed by atoms with Crippen molar-refractivity contribution >= 4 is 28.1 Å². The number of carbonyl (C=O) groups is 1. The summed E-state index contributed by atoms with van der Waals surface area (Å²) in [6.45, 7) is 3.11. The topological polar surface area (TPSA) is 67.4 Å². The van der Waals surface area contributed by atoms with Gasteiger partial charge in [0, 0.05) is 41.2 Å². The van der Waals surface area contributed by atoms with Crippen molar-refractivity contribution in [2.24, 2.45) is 5.92 Å². The number of ether oxygens (including phenoxy) is 1. The minimum absolute atomic E-state index is 0.0186. The fourth-order valence-corrected chi connectivity index (χ4v) is 6.50. The van der Waals surface area contributed by atoms with Crippen molar-refractivity contribution in [1.29, 1.82) is 0 Å². The molecule has 3 heterocycles. The number of rotatable bonds is 7. The Morgan fingerprint density at radius 2 is 1.89 bits per heavy atom. The number of amides is 1. The Morgan fingerprint density at radius 1 is 1.03 bits per heavy atom. The van der Waals surface area contributed by atoms with Gasteiger partial charge in [0.1, 0.15) is 5.75 Å². The summed E-state index contributed by atoms with van der Waals surface area (Å²) in [7, 11) is 0. The van der Waals surface area contributed by atoms with Gasteiger partial charge in [-0.2, -0.15) is 0 Å². The molecule has 2 aliphatic rings. The first kappa shape index (κ1) is 24.1. The summed E-state index contributed by atoms with van der Waals surface area (Å²) in [4.78, 5) is 26.0. The summed E-state index contributed by atoms with van der Waals surface area (Å²) >= 11 is 1.68. The van der Waals surface area contributed by atoms with Gasteiger partial charge in [0.25, 0.3) is 11.1 Å². The van der Waals surface area contributed by atoms with Gasteiger partial charge in [-0.25, -0.2) is 4.98 Å². The Bertz CT molecular complexity index is 1360. The van der Waals surface area contributed by atoms with Crippen molar-refractivity contribution < 1.29 is 9.53 Å². The first-order chi connectivity index (χ1) is 18.2. The fourth-order valence-electron chi connectivity index (χ4n) is 5.58. The maximum Gasteiger partial charge on any atom is 0.279 e. The first-order valence-corrected chi connectivity index (χ1v) is 14.1. The van der Waals surface area contributed by atoms with E-state index < -0.39 is 0 Å². The number of aromatic nitrogens is 2. The van der Waals surface area contributed by atoms with Crippen LogP contribution in [0.15, 0.2) is 66.9 Å². The summed E-state index contributed by atoms with van der Waals surface area (Å²) in [5, 5.41) is 4.95.